The van der Waals surface area contributed by atoms with Crippen LogP contribution in [-0.2, 0) is 0 Å². The standard InChI is InChI=1S/C7H5FN2O4/c1-4-6(8)2-5(9(11)12)3-7(4)10(13)14/h2-3H,1H3. The highest BCUT2D eigenvalue weighted by molar-refractivity contribution is 5.49. The Hall–Kier alpha value is -2.05. The molecule has 0 aliphatic rings. The Balaban J connectivity index is 3.43. The highest BCUT2D eigenvalue weighted by atomic mass is 19.1. The van der Waals surface area contributed by atoms with Gasteiger partial charge in [-0.25, -0.2) is 4.39 Å². The Kier molecular flexibility index (Phi) is 2.41. The number of halogens is 1. The third kappa shape index (κ3) is 1.65. The highest BCUT2D eigenvalue weighted by Gasteiger charge is 2.20. The molecule has 1 aromatic rings. The Bertz CT molecular complexity index is 418. The van der Waals surface area contributed by atoms with Crippen molar-refractivity contribution in [2.75, 3.05) is 0 Å². The molecule has 0 spiro atoms. The van der Waals surface area contributed by atoms with Crippen LogP contribution >= 0.6 is 0 Å². The summed E-state index contributed by atoms with van der Waals surface area (Å²) in [5.74, 6) is -0.953. The molecule has 1 rings (SSSR count). The lowest BCUT2D eigenvalue weighted by atomic mass is 10.2. The van der Waals surface area contributed by atoms with Gasteiger partial charge in [0.1, 0.15) is 5.82 Å². The topological polar surface area (TPSA) is 86.3 Å². The summed E-state index contributed by atoms with van der Waals surface area (Å²) in [5.41, 5.74) is -1.42. The predicted octanol–water partition coefficient (Wildman–Crippen LogP) is 1.95. The van der Waals surface area contributed by atoms with Crippen molar-refractivity contribution < 1.29 is 14.2 Å². The van der Waals surface area contributed by atoms with Crippen LogP contribution in [0.25, 0.3) is 0 Å². The molecule has 7 heteroatoms. The number of nitro benzene ring substituents is 2. The first-order chi connectivity index (χ1) is 6.43. The van der Waals surface area contributed by atoms with Gasteiger partial charge in [-0.15, -0.1) is 0 Å². The van der Waals surface area contributed by atoms with Crippen LogP contribution in [0.5, 0.6) is 0 Å². The molecule has 0 aliphatic carbocycles. The van der Waals surface area contributed by atoms with Crippen molar-refractivity contribution >= 4 is 11.4 Å². The number of benzene rings is 1. The van der Waals surface area contributed by atoms with Crippen LogP contribution in [0.4, 0.5) is 15.8 Å². The monoisotopic (exact) mass is 200 g/mol. The summed E-state index contributed by atoms with van der Waals surface area (Å²) in [6.45, 7) is 1.19. The lowest BCUT2D eigenvalue weighted by Crippen LogP contribution is -1.97. The van der Waals surface area contributed by atoms with E-state index in [1.807, 2.05) is 0 Å². The van der Waals surface area contributed by atoms with Crippen LogP contribution in [0, 0.1) is 33.0 Å². The van der Waals surface area contributed by atoms with Crippen molar-refractivity contribution in [2.45, 2.75) is 6.92 Å². The average Bonchev–Trinajstić information content (AvgIpc) is 2.08. The zero-order valence-electron chi connectivity index (χ0n) is 7.06. The van der Waals surface area contributed by atoms with Gasteiger partial charge < -0.3 is 0 Å². The van der Waals surface area contributed by atoms with Gasteiger partial charge in [0.05, 0.1) is 27.5 Å². The molecule has 1 aromatic carbocycles. The van der Waals surface area contributed by atoms with Gasteiger partial charge in [0.2, 0.25) is 0 Å². The van der Waals surface area contributed by atoms with Gasteiger partial charge in [0.25, 0.3) is 11.4 Å². The van der Waals surface area contributed by atoms with E-state index < -0.39 is 27.0 Å². The Morgan fingerprint density at radius 2 is 1.79 bits per heavy atom. The summed E-state index contributed by atoms with van der Waals surface area (Å²) >= 11 is 0. The van der Waals surface area contributed by atoms with Crippen molar-refractivity contribution in [1.82, 2.24) is 0 Å². The molecule has 0 aromatic heterocycles. The first kappa shape index (κ1) is 10.0. The zero-order chi connectivity index (χ0) is 10.9. The van der Waals surface area contributed by atoms with Crippen molar-refractivity contribution in [3.05, 3.63) is 43.7 Å². The van der Waals surface area contributed by atoms with Gasteiger partial charge in [-0.2, -0.15) is 0 Å². The van der Waals surface area contributed by atoms with Crippen LogP contribution < -0.4 is 0 Å². The van der Waals surface area contributed by atoms with Gasteiger partial charge in [-0.1, -0.05) is 0 Å². The fourth-order valence-corrected chi connectivity index (χ4v) is 0.945. The van der Waals surface area contributed by atoms with Crippen LogP contribution in [0.3, 0.4) is 0 Å². The molecule has 0 heterocycles. The molecular formula is C7H5FN2O4. The minimum absolute atomic E-state index is 0.208. The van der Waals surface area contributed by atoms with E-state index in [0.717, 1.165) is 6.07 Å². The smallest absolute Gasteiger partial charge is 0.258 e. The minimum Gasteiger partial charge on any atom is -0.258 e. The molecule has 0 fully saturated rings. The van der Waals surface area contributed by atoms with Crippen molar-refractivity contribution in [1.29, 1.82) is 0 Å². The van der Waals surface area contributed by atoms with E-state index in [1.54, 1.807) is 0 Å². The van der Waals surface area contributed by atoms with Gasteiger partial charge >= 0.3 is 0 Å². The second kappa shape index (κ2) is 3.36. The first-order valence-electron chi connectivity index (χ1n) is 3.52. The van der Waals surface area contributed by atoms with Gasteiger partial charge in [0.15, 0.2) is 0 Å². The fraction of sp³-hybridized carbons (Fsp3) is 0.143. The van der Waals surface area contributed by atoms with Crippen molar-refractivity contribution in [3.8, 4) is 0 Å². The number of non-ortho nitro benzene ring substituents is 1. The summed E-state index contributed by atoms with van der Waals surface area (Å²) in [4.78, 5) is 18.9. The third-order valence-electron chi connectivity index (χ3n) is 1.71. The second-order valence-corrected chi connectivity index (χ2v) is 2.59. The van der Waals surface area contributed by atoms with Gasteiger partial charge in [-0.3, -0.25) is 20.2 Å². The third-order valence-corrected chi connectivity index (χ3v) is 1.71. The Labute approximate surface area is 77.3 Å². The number of nitro groups is 2. The van der Waals surface area contributed by atoms with Crippen LogP contribution in [0.15, 0.2) is 12.1 Å². The van der Waals surface area contributed by atoms with Crippen LogP contribution in [0.2, 0.25) is 0 Å². The molecular weight excluding hydrogens is 195 g/mol. The second-order valence-electron chi connectivity index (χ2n) is 2.59. The minimum atomic E-state index is -0.953. The molecule has 0 aliphatic heterocycles. The van der Waals surface area contributed by atoms with Crippen molar-refractivity contribution in [2.24, 2.45) is 0 Å². The molecule has 0 atom stereocenters. The lowest BCUT2D eigenvalue weighted by molar-refractivity contribution is -0.394. The maximum absolute atomic E-state index is 13.0. The summed E-state index contributed by atoms with van der Waals surface area (Å²) in [7, 11) is 0. The summed E-state index contributed by atoms with van der Waals surface area (Å²) < 4.78 is 13.0. The van der Waals surface area contributed by atoms with E-state index >= 15 is 0 Å². The molecule has 74 valence electrons. The quantitative estimate of drug-likeness (QED) is 0.539. The zero-order valence-corrected chi connectivity index (χ0v) is 7.06. The van der Waals surface area contributed by atoms with Crippen molar-refractivity contribution in [3.63, 3.8) is 0 Å². The van der Waals surface area contributed by atoms with E-state index in [-0.39, 0.29) is 5.56 Å². The highest BCUT2D eigenvalue weighted by Crippen LogP contribution is 2.26. The van der Waals surface area contributed by atoms with Crippen LogP contribution in [-0.4, -0.2) is 9.85 Å². The van der Waals surface area contributed by atoms with E-state index in [2.05, 4.69) is 0 Å². The van der Waals surface area contributed by atoms with E-state index in [1.165, 1.54) is 6.92 Å². The Morgan fingerprint density at radius 3 is 2.21 bits per heavy atom. The van der Waals surface area contributed by atoms with E-state index in [0.29, 0.717) is 6.07 Å². The average molecular weight is 200 g/mol. The molecule has 0 radical (unpaired) electrons. The fourth-order valence-electron chi connectivity index (χ4n) is 0.945. The lowest BCUT2D eigenvalue weighted by Gasteiger charge is -1.98. The number of hydrogen-bond donors (Lipinski definition) is 0. The number of hydrogen-bond acceptors (Lipinski definition) is 4. The molecule has 0 saturated carbocycles. The Morgan fingerprint density at radius 1 is 1.21 bits per heavy atom. The van der Waals surface area contributed by atoms with Gasteiger partial charge in [0, 0.05) is 0 Å². The molecule has 0 amide bonds. The molecule has 0 saturated heterocycles. The largest absolute Gasteiger partial charge is 0.282 e. The maximum Gasteiger partial charge on any atom is 0.282 e. The molecule has 6 nitrogen and oxygen atoms in total. The van der Waals surface area contributed by atoms with Crippen LogP contribution in [0.1, 0.15) is 5.56 Å². The summed E-state index contributed by atoms with van der Waals surface area (Å²) in [5, 5.41) is 20.6. The summed E-state index contributed by atoms with van der Waals surface area (Å²) in [6, 6.07) is 1.39. The van der Waals surface area contributed by atoms with E-state index in [4.69, 9.17) is 0 Å². The number of rotatable bonds is 2. The normalized spacial score (nSPS) is 9.86. The molecule has 0 unspecified atom stereocenters. The van der Waals surface area contributed by atoms with E-state index in [9.17, 15) is 24.6 Å². The molecule has 0 bridgehead atoms. The van der Waals surface area contributed by atoms with Gasteiger partial charge in [-0.05, 0) is 6.92 Å². The predicted molar refractivity (Wildman–Crippen MR) is 44.4 cm³/mol. The first-order valence-corrected chi connectivity index (χ1v) is 3.52. The SMILES string of the molecule is Cc1c(F)cc([N+](=O)[O-])cc1[N+](=O)[O-]. The molecule has 0 N–H and O–H groups in total. The maximum atomic E-state index is 13.0. The molecule has 14 heavy (non-hydrogen) atoms. The summed E-state index contributed by atoms with van der Waals surface area (Å²) in [6.07, 6.45) is 0. The number of nitrogens with zero attached hydrogens (tertiary/aromatic N) is 2.